The molecule has 218 valence electrons. The van der Waals surface area contributed by atoms with Crippen molar-refractivity contribution < 1.29 is 15.6 Å². The van der Waals surface area contributed by atoms with Crippen LogP contribution in [-0.2, 0) is 15.6 Å². The third-order valence-electron chi connectivity index (χ3n) is 7.05. The fourth-order valence-corrected chi connectivity index (χ4v) is 6.92. The van der Waals surface area contributed by atoms with Crippen molar-refractivity contribution in [2.75, 3.05) is 9.62 Å². The Morgan fingerprint density at radius 2 is 1.00 bits per heavy atom. The second kappa shape index (κ2) is 12.9. The molecule has 13 heteroatoms. The molecule has 0 saturated heterocycles. The molecule has 0 N–H and O–H groups in total. The van der Waals surface area contributed by atoms with Gasteiger partial charge in [0.2, 0.25) is 6.29 Å². The number of rotatable bonds is 6. The van der Waals surface area contributed by atoms with Crippen LogP contribution in [0, 0.1) is 41.5 Å². The zero-order chi connectivity index (χ0) is 30.2. The molecule has 0 radical (unpaired) electrons. The molecule has 0 fully saturated rings. The second-order valence-corrected chi connectivity index (χ2v) is 16.1. The van der Waals surface area contributed by atoms with Gasteiger partial charge in [0.1, 0.15) is 0 Å². The molecule has 1 aliphatic heterocycles. The standard InChI is InChI=1S/C16H22N6.C12H18BN3.2ClH.Ti/c1-10-7-13(4)20(17-10)16(21-14(5)8-11(2)18-21)22-15(6)9-12(3)19-22;1-9(2)15-11-7-5-6-8-12(11)16(10(3)4)13(15)14;;;/h7-9,16H,1-6H3;5-10H,1-4H3;2*1H;/q;;;;+2/p-2. The summed E-state index contributed by atoms with van der Waals surface area (Å²) in [4.78, 5) is 4.60. The average Bonchev–Trinajstić information content (AvgIpc) is 3.58. The molecule has 0 amide bonds. The number of halogens is 2. The van der Waals surface area contributed by atoms with Crippen LogP contribution in [0.25, 0.3) is 0 Å². The predicted octanol–water partition coefficient (Wildman–Crippen LogP) is 6.90. The summed E-state index contributed by atoms with van der Waals surface area (Å²) in [5, 5.41) is 14.0. The Morgan fingerprint density at radius 3 is 1.24 bits per heavy atom. The van der Waals surface area contributed by atoms with E-state index in [0.717, 1.165) is 34.2 Å². The van der Waals surface area contributed by atoms with Crippen LogP contribution in [-0.4, -0.2) is 48.5 Å². The smallest absolute Gasteiger partial charge is 0.224 e. The zero-order valence-electron chi connectivity index (χ0n) is 25.6. The normalized spacial score (nSPS) is 12.9. The maximum atomic E-state index is 6.05. The van der Waals surface area contributed by atoms with Gasteiger partial charge in [-0.15, -0.1) is 0 Å². The number of hydrogen-bond acceptors (Lipinski definition) is 6. The number of fused-ring (bicyclic) bond motifs is 1. The molecule has 0 saturated carbocycles. The first-order valence-electron chi connectivity index (χ1n) is 13.9. The summed E-state index contributed by atoms with van der Waals surface area (Å²) in [6.45, 7) is 20.9. The second-order valence-electron chi connectivity index (χ2n) is 11.2. The van der Waals surface area contributed by atoms with E-state index in [4.69, 9.17) is 18.6 Å². The molecule has 0 unspecified atom stereocenters. The molecule has 4 aromatic rings. The molecule has 0 atom stereocenters. The third kappa shape index (κ3) is 6.66. The summed E-state index contributed by atoms with van der Waals surface area (Å²) in [5.74, 6) is 0. The predicted molar refractivity (Wildman–Crippen MR) is 166 cm³/mol. The average molecular weight is 632 g/mol. The molecule has 0 aliphatic carbocycles. The Labute approximate surface area is 258 Å². The van der Waals surface area contributed by atoms with Crippen LogP contribution >= 0.6 is 18.6 Å². The summed E-state index contributed by atoms with van der Waals surface area (Å²) in [6, 6.07) is 15.3. The van der Waals surface area contributed by atoms with Crippen molar-refractivity contribution in [3.05, 3.63) is 76.6 Å². The van der Waals surface area contributed by atoms with Crippen molar-refractivity contribution in [2.45, 2.75) is 87.6 Å². The number of hydrogen-bond donors (Lipinski definition) is 0. The van der Waals surface area contributed by atoms with Gasteiger partial charge in [-0.25, -0.2) is 14.0 Å². The molecule has 0 spiro atoms. The van der Waals surface area contributed by atoms with Crippen molar-refractivity contribution in [1.29, 1.82) is 0 Å². The third-order valence-corrected chi connectivity index (χ3v) is 8.52. The number of para-hydroxylation sites is 2. The summed E-state index contributed by atoms with van der Waals surface area (Å²) in [5.41, 5.74) is 8.66. The van der Waals surface area contributed by atoms with Gasteiger partial charge < -0.3 is 0 Å². The summed E-state index contributed by atoms with van der Waals surface area (Å²) < 4.78 is 10.6. The Bertz CT molecular complexity index is 1390. The molecule has 4 heterocycles. The Kier molecular flexibility index (Phi) is 9.89. The van der Waals surface area contributed by atoms with Gasteiger partial charge in [0.15, 0.2) is 0 Å². The van der Waals surface area contributed by atoms with E-state index in [0.29, 0.717) is 12.1 Å². The van der Waals surface area contributed by atoms with Crippen LogP contribution in [0.3, 0.4) is 0 Å². The van der Waals surface area contributed by atoms with E-state index in [2.05, 4.69) is 119 Å². The Hall–Kier alpha value is -2.39. The van der Waals surface area contributed by atoms with Gasteiger partial charge in [0.05, 0.1) is 17.1 Å². The number of anilines is 2. The summed E-state index contributed by atoms with van der Waals surface area (Å²) in [6.07, 6.45) is -0.226. The van der Waals surface area contributed by atoms with Crippen LogP contribution in [0.15, 0.2) is 45.8 Å². The minimum atomic E-state index is -2.29. The van der Waals surface area contributed by atoms with E-state index in [-0.39, 0.29) is 13.4 Å². The van der Waals surface area contributed by atoms with Crippen molar-refractivity contribution in [3.8, 4) is 0 Å². The van der Waals surface area contributed by atoms with Crippen LogP contribution in [0.1, 0.15) is 68.1 Å². The quantitative estimate of drug-likeness (QED) is 0.216. The van der Waals surface area contributed by atoms with Crippen LogP contribution in [0.2, 0.25) is 0 Å². The molecule has 41 heavy (non-hydrogen) atoms. The molecule has 9 nitrogen and oxygen atoms in total. The maximum absolute atomic E-state index is 6.05. The summed E-state index contributed by atoms with van der Waals surface area (Å²) in [7, 11) is 12.0. The molecule has 1 aliphatic rings. The monoisotopic (exact) mass is 631 g/mol. The number of benzene rings is 1. The van der Waals surface area contributed by atoms with E-state index in [1.54, 1.807) is 0 Å². The maximum Gasteiger partial charge on any atom is 0.238 e. The number of aromatic nitrogens is 6. The molecular weight excluding hydrogens is 592 g/mol. The largest absolute Gasteiger partial charge is 0.238 e. The van der Waals surface area contributed by atoms with Crippen molar-refractivity contribution in [2.24, 2.45) is 3.33 Å². The van der Waals surface area contributed by atoms with Crippen LogP contribution in [0.5, 0.6) is 0 Å². The van der Waals surface area contributed by atoms with E-state index < -0.39 is 15.6 Å². The van der Waals surface area contributed by atoms with E-state index in [1.807, 2.05) is 34.8 Å². The molecule has 5 rings (SSSR count). The first kappa shape index (κ1) is 31.5. The van der Waals surface area contributed by atoms with Gasteiger partial charge >= 0.3 is 130 Å². The van der Waals surface area contributed by atoms with E-state index >= 15 is 0 Å². The number of aryl methyl sites for hydroxylation is 6. The SMILES string of the molecule is CC(C)N1B([N]=[Ti]([Cl])[Cl])N(C(C)C)c2ccccc21.Cc1cc(C)n(C(n2nc(C)cc2C)n2nc(C)cc2C)n1. The van der Waals surface area contributed by atoms with Crippen molar-refractivity contribution in [1.82, 2.24) is 29.3 Å². The molecule has 1 aromatic carbocycles. The number of nitrogens with zero attached hydrogens (tertiary/aromatic N) is 9. The van der Waals surface area contributed by atoms with E-state index in [1.165, 1.54) is 11.4 Å². The fraction of sp³-hybridized carbons (Fsp3) is 0.464. The molecular formula is C28H40BCl2N9Ti. The van der Waals surface area contributed by atoms with Crippen molar-refractivity contribution >= 4 is 37.1 Å². The van der Waals surface area contributed by atoms with Gasteiger partial charge in [0.25, 0.3) is 0 Å². The molecule has 0 bridgehead atoms. The van der Waals surface area contributed by atoms with Gasteiger partial charge in [0, 0.05) is 17.1 Å². The van der Waals surface area contributed by atoms with Gasteiger partial charge in [-0.2, -0.15) is 15.3 Å². The fourth-order valence-electron chi connectivity index (χ4n) is 5.54. The molecule has 3 aromatic heterocycles. The Morgan fingerprint density at radius 1 is 0.659 bits per heavy atom. The topological polar surface area (TPSA) is 72.3 Å². The van der Waals surface area contributed by atoms with E-state index in [9.17, 15) is 0 Å². The minimum Gasteiger partial charge on any atom is -0.224 e. The van der Waals surface area contributed by atoms with Crippen molar-refractivity contribution in [3.63, 3.8) is 0 Å². The van der Waals surface area contributed by atoms with Gasteiger partial charge in [-0.1, -0.05) is 0 Å². The Balaban J connectivity index is 0.000000191. The van der Waals surface area contributed by atoms with Crippen LogP contribution in [0.4, 0.5) is 11.4 Å². The van der Waals surface area contributed by atoms with Gasteiger partial charge in [-0.05, 0) is 59.7 Å². The van der Waals surface area contributed by atoms with Crippen LogP contribution < -0.4 is 9.62 Å². The summed E-state index contributed by atoms with van der Waals surface area (Å²) >= 11 is -2.29. The first-order valence-corrected chi connectivity index (χ1v) is 18.9. The van der Waals surface area contributed by atoms with Gasteiger partial charge in [-0.3, -0.25) is 0 Å². The minimum absolute atomic E-state index is 0.0672. The zero-order valence-corrected chi connectivity index (χ0v) is 28.7. The first-order chi connectivity index (χ1) is 19.3.